The maximum atomic E-state index is 13.9. The lowest BCUT2D eigenvalue weighted by atomic mass is 10.1. The van der Waals surface area contributed by atoms with Gasteiger partial charge in [-0.2, -0.15) is 0 Å². The van der Waals surface area contributed by atoms with Crippen LogP contribution in [-0.2, 0) is 16.1 Å². The van der Waals surface area contributed by atoms with E-state index in [4.69, 9.17) is 5.11 Å². The zero-order valence-corrected chi connectivity index (χ0v) is 21.6. The number of aromatic hydroxyl groups is 1. The lowest BCUT2D eigenvalue weighted by molar-refractivity contribution is -0.137. The Bertz CT molecular complexity index is 1400. The van der Waals surface area contributed by atoms with Crippen molar-refractivity contribution in [3.05, 3.63) is 84.2 Å². The molecule has 4 aromatic rings. The third-order valence-electron chi connectivity index (χ3n) is 6.74. The summed E-state index contributed by atoms with van der Waals surface area (Å²) >= 11 is 0. The van der Waals surface area contributed by atoms with Gasteiger partial charge in [0, 0.05) is 37.4 Å². The highest BCUT2D eigenvalue weighted by Crippen LogP contribution is 2.42. The van der Waals surface area contributed by atoms with Gasteiger partial charge in [0.25, 0.3) is 0 Å². The normalized spacial score (nSPS) is 11.1. The molecule has 0 aliphatic heterocycles. The number of carbonyl (C=O) groups is 2. The number of anilines is 1. The topological polar surface area (TPSA) is 82.8 Å². The monoisotopic (exact) mass is 516 g/mol. The van der Waals surface area contributed by atoms with Crippen molar-refractivity contribution < 1.29 is 24.2 Å². The van der Waals surface area contributed by atoms with E-state index in [2.05, 4.69) is 4.57 Å². The van der Waals surface area contributed by atoms with E-state index in [9.17, 15) is 19.1 Å². The second-order valence-electron chi connectivity index (χ2n) is 9.56. The van der Waals surface area contributed by atoms with Gasteiger partial charge in [0.1, 0.15) is 11.6 Å². The van der Waals surface area contributed by atoms with Crippen LogP contribution in [0.2, 0.25) is 0 Å². The highest BCUT2D eigenvalue weighted by atomic mass is 19.1. The van der Waals surface area contributed by atoms with Gasteiger partial charge in [0.15, 0.2) is 0 Å². The number of phenols is 1. The number of phenolic OH excluding ortho intramolecular Hbond substituents is 1. The van der Waals surface area contributed by atoms with Gasteiger partial charge in [-0.25, -0.2) is 4.39 Å². The van der Waals surface area contributed by atoms with Crippen LogP contribution in [0.15, 0.2) is 72.8 Å². The molecule has 6 nitrogen and oxygen atoms in total. The minimum Gasteiger partial charge on any atom is -0.508 e. The Morgan fingerprint density at radius 2 is 1.58 bits per heavy atom. The van der Waals surface area contributed by atoms with Crippen molar-refractivity contribution in [3.8, 4) is 17.0 Å². The third-order valence-corrected chi connectivity index (χ3v) is 6.74. The van der Waals surface area contributed by atoms with Crippen LogP contribution in [0, 0.1) is 5.82 Å². The SMILES string of the molecule is CC(=O)N(CCCCCCCC(=O)O)c1c(-c2ccc(F)cc2)n(Cc2ccccc2)c2ccc(O)cc12. The van der Waals surface area contributed by atoms with Crippen LogP contribution in [0.25, 0.3) is 22.2 Å². The van der Waals surface area contributed by atoms with Gasteiger partial charge in [-0.1, -0.05) is 49.6 Å². The van der Waals surface area contributed by atoms with Gasteiger partial charge in [-0.05, 0) is 60.9 Å². The second kappa shape index (κ2) is 12.4. The second-order valence-corrected chi connectivity index (χ2v) is 9.56. The van der Waals surface area contributed by atoms with E-state index in [1.807, 2.05) is 36.4 Å². The molecule has 198 valence electrons. The highest BCUT2D eigenvalue weighted by molar-refractivity contribution is 6.09. The number of carbonyl (C=O) groups excluding carboxylic acids is 1. The lowest BCUT2D eigenvalue weighted by Crippen LogP contribution is -2.30. The average Bonchev–Trinajstić information content (AvgIpc) is 3.19. The predicted octanol–water partition coefficient (Wildman–Crippen LogP) is 6.98. The molecule has 7 heteroatoms. The number of benzene rings is 3. The van der Waals surface area contributed by atoms with Crippen molar-refractivity contribution in [1.82, 2.24) is 4.57 Å². The van der Waals surface area contributed by atoms with Crippen LogP contribution >= 0.6 is 0 Å². The molecule has 0 spiro atoms. The summed E-state index contributed by atoms with van der Waals surface area (Å²) in [4.78, 5) is 25.5. The average molecular weight is 517 g/mol. The number of hydrogen-bond donors (Lipinski definition) is 2. The Labute approximate surface area is 221 Å². The molecular formula is C31H33FN2O4. The standard InChI is InChI=1S/C31H33FN2O4/c1-22(35)33(19-9-4-2-3-8-12-29(37)38)31-27-20-26(36)17-18-28(27)34(21-23-10-6-5-7-11-23)30(31)24-13-15-25(32)16-14-24/h5-7,10-11,13-18,20,36H,2-4,8-9,12,19,21H2,1H3,(H,37,38). The van der Waals surface area contributed by atoms with Gasteiger partial charge < -0.3 is 19.7 Å². The first kappa shape index (κ1) is 26.9. The van der Waals surface area contributed by atoms with Gasteiger partial charge in [0.2, 0.25) is 5.91 Å². The molecule has 4 rings (SSSR count). The number of fused-ring (bicyclic) bond motifs is 1. The zero-order valence-electron chi connectivity index (χ0n) is 21.6. The first-order chi connectivity index (χ1) is 18.3. The largest absolute Gasteiger partial charge is 0.508 e. The molecule has 2 N–H and O–H groups in total. The van der Waals surface area contributed by atoms with Crippen LogP contribution in [0.3, 0.4) is 0 Å². The van der Waals surface area contributed by atoms with Gasteiger partial charge >= 0.3 is 5.97 Å². The van der Waals surface area contributed by atoms with E-state index in [0.717, 1.165) is 53.4 Å². The van der Waals surface area contributed by atoms with E-state index in [1.54, 1.807) is 29.2 Å². The van der Waals surface area contributed by atoms with E-state index in [0.29, 0.717) is 25.2 Å². The third kappa shape index (κ3) is 6.40. The highest BCUT2D eigenvalue weighted by Gasteiger charge is 2.26. The Hall–Kier alpha value is -4.13. The zero-order chi connectivity index (χ0) is 27.1. The van der Waals surface area contributed by atoms with Crippen LogP contribution in [0.1, 0.15) is 51.0 Å². The number of nitrogens with zero attached hydrogens (tertiary/aromatic N) is 2. The van der Waals surface area contributed by atoms with Gasteiger partial charge in [-0.15, -0.1) is 0 Å². The quantitative estimate of drug-likeness (QED) is 0.199. The molecule has 38 heavy (non-hydrogen) atoms. The van der Waals surface area contributed by atoms with E-state index >= 15 is 0 Å². The Morgan fingerprint density at radius 1 is 0.895 bits per heavy atom. The lowest BCUT2D eigenvalue weighted by Gasteiger charge is -2.23. The van der Waals surface area contributed by atoms with Crippen LogP contribution in [-0.4, -0.2) is 33.2 Å². The summed E-state index contributed by atoms with van der Waals surface area (Å²) < 4.78 is 16.0. The molecule has 1 heterocycles. The van der Waals surface area contributed by atoms with Crippen molar-refractivity contribution in [2.75, 3.05) is 11.4 Å². The van der Waals surface area contributed by atoms with E-state index < -0.39 is 5.97 Å². The van der Waals surface area contributed by atoms with Gasteiger partial charge in [0.05, 0.1) is 16.9 Å². The Balaban J connectivity index is 1.76. The molecule has 3 aromatic carbocycles. The number of rotatable bonds is 12. The molecule has 0 saturated heterocycles. The number of aliphatic carboxylic acids is 1. The molecule has 1 aromatic heterocycles. The predicted molar refractivity (Wildman–Crippen MR) is 148 cm³/mol. The van der Waals surface area contributed by atoms with Crippen LogP contribution in [0.4, 0.5) is 10.1 Å². The summed E-state index contributed by atoms with van der Waals surface area (Å²) in [5.74, 6) is -1.15. The summed E-state index contributed by atoms with van der Waals surface area (Å²) in [6, 6.07) is 21.4. The number of hydrogen-bond acceptors (Lipinski definition) is 3. The molecule has 0 radical (unpaired) electrons. The van der Waals surface area contributed by atoms with Crippen LogP contribution < -0.4 is 4.90 Å². The number of carboxylic acid groups (broad SMARTS) is 1. The molecule has 0 saturated carbocycles. The summed E-state index contributed by atoms with van der Waals surface area (Å²) in [7, 11) is 0. The molecule has 0 aliphatic rings. The maximum absolute atomic E-state index is 13.9. The van der Waals surface area contributed by atoms with Crippen molar-refractivity contribution in [3.63, 3.8) is 0 Å². The number of unbranched alkanes of at least 4 members (excludes halogenated alkanes) is 4. The molecular weight excluding hydrogens is 483 g/mol. The van der Waals surface area contributed by atoms with Crippen molar-refractivity contribution >= 4 is 28.5 Å². The van der Waals surface area contributed by atoms with E-state index in [-0.39, 0.29) is 23.9 Å². The number of amides is 1. The summed E-state index contributed by atoms with van der Waals surface area (Å²) in [5.41, 5.74) is 4.18. The fourth-order valence-corrected chi connectivity index (χ4v) is 4.93. The molecule has 0 aliphatic carbocycles. The minimum absolute atomic E-state index is 0.100. The number of aromatic nitrogens is 1. The molecule has 0 unspecified atom stereocenters. The summed E-state index contributed by atoms with van der Waals surface area (Å²) in [6.45, 7) is 2.54. The van der Waals surface area contributed by atoms with Crippen molar-refractivity contribution in [2.45, 2.75) is 52.0 Å². The van der Waals surface area contributed by atoms with E-state index in [1.165, 1.54) is 19.1 Å². The molecule has 0 fully saturated rings. The first-order valence-electron chi connectivity index (χ1n) is 13.0. The smallest absolute Gasteiger partial charge is 0.303 e. The van der Waals surface area contributed by atoms with Crippen molar-refractivity contribution in [2.24, 2.45) is 0 Å². The van der Waals surface area contributed by atoms with Crippen molar-refractivity contribution in [1.29, 1.82) is 0 Å². The first-order valence-corrected chi connectivity index (χ1v) is 13.0. The number of halogens is 1. The van der Waals surface area contributed by atoms with Crippen LogP contribution in [0.5, 0.6) is 5.75 Å². The Morgan fingerprint density at radius 3 is 2.26 bits per heavy atom. The minimum atomic E-state index is -0.781. The molecule has 0 bridgehead atoms. The van der Waals surface area contributed by atoms with Gasteiger partial charge in [-0.3, -0.25) is 9.59 Å². The number of carboxylic acids is 1. The summed E-state index contributed by atoms with van der Waals surface area (Å²) in [5, 5.41) is 20.0. The summed E-state index contributed by atoms with van der Waals surface area (Å²) in [6.07, 6.45) is 4.15. The molecule has 0 atom stereocenters. The molecule has 1 amide bonds. The maximum Gasteiger partial charge on any atom is 0.303 e. The fourth-order valence-electron chi connectivity index (χ4n) is 4.93. The fraction of sp³-hybridized carbons (Fsp3) is 0.290. The Kier molecular flexibility index (Phi) is 8.79.